The highest BCUT2D eigenvalue weighted by atomic mass is 79.9. The minimum absolute atomic E-state index is 0.190. The van der Waals surface area contributed by atoms with Gasteiger partial charge in [-0.25, -0.2) is 9.48 Å². The number of benzene rings is 1. The molecule has 2 heterocycles. The van der Waals surface area contributed by atoms with Crippen molar-refractivity contribution in [1.82, 2.24) is 14.8 Å². The lowest BCUT2D eigenvalue weighted by molar-refractivity contribution is 0.0696. The van der Waals surface area contributed by atoms with Crippen molar-refractivity contribution < 1.29 is 14.6 Å². The average molecular weight is 502 g/mol. The number of hydrogen-bond donors (Lipinski definition) is 3. The Morgan fingerprint density at radius 3 is 2.88 bits per heavy atom. The van der Waals surface area contributed by atoms with E-state index in [9.17, 15) is 9.90 Å². The Balaban J connectivity index is 1.55. The van der Waals surface area contributed by atoms with Gasteiger partial charge in [0.2, 0.25) is 5.88 Å². The number of aromatic nitrogens is 3. The number of ether oxygens (including phenoxy) is 1. The van der Waals surface area contributed by atoms with Crippen LogP contribution in [0.25, 0.3) is 11.3 Å². The van der Waals surface area contributed by atoms with Gasteiger partial charge in [-0.05, 0) is 56.0 Å². The molecule has 0 spiro atoms. The van der Waals surface area contributed by atoms with Gasteiger partial charge in [0, 0.05) is 23.8 Å². The summed E-state index contributed by atoms with van der Waals surface area (Å²) in [5, 5.41) is 17.0. The second kappa shape index (κ2) is 10.5. The minimum atomic E-state index is -0.990. The van der Waals surface area contributed by atoms with Crippen molar-refractivity contribution in [3.63, 3.8) is 0 Å². The van der Waals surface area contributed by atoms with E-state index in [4.69, 9.17) is 10.5 Å². The van der Waals surface area contributed by atoms with E-state index in [1.54, 1.807) is 37.0 Å². The van der Waals surface area contributed by atoms with E-state index < -0.39 is 5.97 Å². The first-order chi connectivity index (χ1) is 15.2. The number of halogens is 1. The molecule has 170 valence electrons. The highest BCUT2D eigenvalue weighted by molar-refractivity contribution is 9.10. The second-order valence-corrected chi connectivity index (χ2v) is 8.80. The zero-order valence-corrected chi connectivity index (χ0v) is 20.0. The molecule has 0 saturated heterocycles. The van der Waals surface area contributed by atoms with Crippen LogP contribution in [0.15, 0.2) is 41.0 Å². The average Bonchev–Trinajstić information content (AvgIpc) is 3.11. The number of hydrogen-bond acceptors (Lipinski definition) is 6. The lowest BCUT2D eigenvalue weighted by Crippen LogP contribution is -2.14. The van der Waals surface area contributed by atoms with Crippen LogP contribution in [0, 0.1) is 12.8 Å². The summed E-state index contributed by atoms with van der Waals surface area (Å²) in [5.74, 6) is 0.0157. The minimum Gasteiger partial charge on any atom is -0.478 e. The molecular weight excluding hydrogens is 474 g/mol. The molecule has 3 rings (SSSR count). The van der Waals surface area contributed by atoms with Gasteiger partial charge in [-0.3, -0.25) is 4.98 Å². The SMILES string of the molecule is Cc1cc(C(=O)O)cc(-c2cnn(C)c2OCCC[C@@H](C)CNc2cc(Br)ccc2N)n1. The van der Waals surface area contributed by atoms with E-state index >= 15 is 0 Å². The van der Waals surface area contributed by atoms with Crippen molar-refractivity contribution in [2.24, 2.45) is 13.0 Å². The zero-order chi connectivity index (χ0) is 23.3. The Labute approximate surface area is 195 Å². The zero-order valence-electron chi connectivity index (χ0n) is 18.4. The number of nitrogens with zero attached hydrogens (tertiary/aromatic N) is 3. The van der Waals surface area contributed by atoms with Crippen LogP contribution >= 0.6 is 15.9 Å². The monoisotopic (exact) mass is 501 g/mol. The standard InChI is InChI=1S/C23H28BrN5O3/c1-14(12-26-21-11-17(24)6-7-19(21)25)5-4-8-32-22-18(13-27-29(22)3)20-10-16(23(30)31)9-15(2)28-20/h6-7,9-11,13-14,26H,4-5,8,12,25H2,1-3H3,(H,30,31)/t14-/m1/s1. The van der Waals surface area contributed by atoms with Gasteiger partial charge in [-0.2, -0.15) is 5.10 Å². The summed E-state index contributed by atoms with van der Waals surface area (Å²) in [6, 6.07) is 8.85. The summed E-state index contributed by atoms with van der Waals surface area (Å²) < 4.78 is 8.64. The molecule has 2 aromatic heterocycles. The first-order valence-electron chi connectivity index (χ1n) is 10.4. The molecule has 8 nitrogen and oxygen atoms in total. The van der Waals surface area contributed by atoms with E-state index in [0.29, 0.717) is 35.4 Å². The van der Waals surface area contributed by atoms with Gasteiger partial charge in [0.15, 0.2) is 0 Å². The third-order valence-electron chi connectivity index (χ3n) is 5.10. The number of aromatic carboxylic acids is 1. The van der Waals surface area contributed by atoms with E-state index in [1.165, 1.54) is 0 Å². The molecule has 0 amide bonds. The summed E-state index contributed by atoms with van der Waals surface area (Å²) in [6.45, 7) is 5.28. The molecular formula is C23H28BrN5O3. The van der Waals surface area contributed by atoms with Gasteiger partial charge in [0.1, 0.15) is 0 Å². The quantitative estimate of drug-likeness (QED) is 0.271. The molecule has 0 aliphatic carbocycles. The highest BCUT2D eigenvalue weighted by Crippen LogP contribution is 2.29. The van der Waals surface area contributed by atoms with Crippen LogP contribution in [-0.2, 0) is 7.05 Å². The number of carboxylic acids is 1. The second-order valence-electron chi connectivity index (χ2n) is 7.88. The van der Waals surface area contributed by atoms with Crippen molar-refractivity contribution in [2.75, 3.05) is 24.2 Å². The molecule has 32 heavy (non-hydrogen) atoms. The summed E-state index contributed by atoms with van der Waals surface area (Å²) in [5.41, 5.74) is 9.70. The van der Waals surface area contributed by atoms with Crippen LogP contribution < -0.4 is 15.8 Å². The fourth-order valence-corrected chi connectivity index (χ4v) is 3.73. The van der Waals surface area contributed by atoms with E-state index in [2.05, 4.69) is 38.3 Å². The Kier molecular flexibility index (Phi) is 7.74. The van der Waals surface area contributed by atoms with Crippen LogP contribution in [0.1, 0.15) is 35.8 Å². The molecule has 0 aliphatic rings. The number of nitrogens with one attached hydrogen (secondary N) is 1. The number of carboxylic acid groups (broad SMARTS) is 1. The largest absolute Gasteiger partial charge is 0.478 e. The maximum absolute atomic E-state index is 11.4. The lowest BCUT2D eigenvalue weighted by atomic mass is 10.1. The van der Waals surface area contributed by atoms with Crippen LogP contribution in [0.4, 0.5) is 11.4 Å². The summed E-state index contributed by atoms with van der Waals surface area (Å²) in [7, 11) is 1.79. The van der Waals surface area contributed by atoms with Gasteiger partial charge in [-0.1, -0.05) is 22.9 Å². The van der Waals surface area contributed by atoms with Gasteiger partial charge >= 0.3 is 5.97 Å². The molecule has 0 fully saturated rings. The van der Waals surface area contributed by atoms with E-state index in [-0.39, 0.29) is 5.56 Å². The summed E-state index contributed by atoms with van der Waals surface area (Å²) in [6.07, 6.45) is 3.49. The third-order valence-corrected chi connectivity index (χ3v) is 5.59. The first kappa shape index (κ1) is 23.6. The van der Waals surface area contributed by atoms with Crippen molar-refractivity contribution >= 4 is 33.3 Å². The summed E-state index contributed by atoms with van der Waals surface area (Å²) >= 11 is 3.46. The molecule has 0 unspecified atom stereocenters. The molecule has 3 aromatic rings. The van der Waals surface area contributed by atoms with E-state index in [0.717, 1.165) is 35.2 Å². The normalized spacial score (nSPS) is 11.9. The molecule has 0 saturated carbocycles. The fraction of sp³-hybridized carbons (Fsp3) is 0.348. The lowest BCUT2D eigenvalue weighted by Gasteiger charge is -2.15. The number of carbonyl (C=O) groups is 1. The van der Waals surface area contributed by atoms with Gasteiger partial charge in [-0.15, -0.1) is 0 Å². The Morgan fingerprint density at radius 2 is 2.12 bits per heavy atom. The van der Waals surface area contributed by atoms with Crippen LogP contribution in [-0.4, -0.2) is 39.0 Å². The predicted octanol–water partition coefficient (Wildman–Crippen LogP) is 4.74. The number of pyridine rings is 1. The maximum Gasteiger partial charge on any atom is 0.335 e. The van der Waals surface area contributed by atoms with Crippen LogP contribution in [0.2, 0.25) is 0 Å². The van der Waals surface area contributed by atoms with Crippen molar-refractivity contribution in [3.8, 4) is 17.1 Å². The van der Waals surface area contributed by atoms with E-state index in [1.807, 2.05) is 18.2 Å². The molecule has 1 aromatic carbocycles. The molecule has 9 heteroatoms. The van der Waals surface area contributed by atoms with Gasteiger partial charge < -0.3 is 20.9 Å². The topological polar surface area (TPSA) is 115 Å². The number of nitrogen functional groups attached to an aromatic ring is 1. The van der Waals surface area contributed by atoms with Gasteiger partial charge in [0.05, 0.1) is 41.0 Å². The Bertz CT molecular complexity index is 1100. The fourth-order valence-electron chi connectivity index (χ4n) is 3.37. The van der Waals surface area contributed by atoms with Crippen LogP contribution in [0.3, 0.4) is 0 Å². The third kappa shape index (κ3) is 6.00. The van der Waals surface area contributed by atoms with Crippen molar-refractivity contribution in [3.05, 3.63) is 52.3 Å². The molecule has 1 atom stereocenters. The maximum atomic E-state index is 11.4. The molecule has 0 bridgehead atoms. The van der Waals surface area contributed by atoms with Crippen molar-refractivity contribution in [1.29, 1.82) is 0 Å². The Hall–Kier alpha value is -3.07. The first-order valence-corrected chi connectivity index (χ1v) is 11.2. The smallest absolute Gasteiger partial charge is 0.335 e. The predicted molar refractivity (Wildman–Crippen MR) is 129 cm³/mol. The molecule has 4 N–H and O–H groups in total. The number of anilines is 2. The number of nitrogens with two attached hydrogens (primary N) is 1. The van der Waals surface area contributed by atoms with Crippen LogP contribution in [0.5, 0.6) is 5.88 Å². The Morgan fingerprint density at radius 1 is 1.34 bits per heavy atom. The highest BCUT2D eigenvalue weighted by Gasteiger charge is 2.16. The molecule has 0 aliphatic heterocycles. The number of aryl methyl sites for hydroxylation is 2. The van der Waals surface area contributed by atoms with Crippen molar-refractivity contribution in [2.45, 2.75) is 26.7 Å². The summed E-state index contributed by atoms with van der Waals surface area (Å²) in [4.78, 5) is 15.9. The number of rotatable bonds is 10. The van der Waals surface area contributed by atoms with Gasteiger partial charge in [0.25, 0.3) is 0 Å². The molecule has 0 radical (unpaired) electrons.